The number of rotatable bonds is 7. The van der Waals surface area contributed by atoms with Crippen LogP contribution < -0.4 is 0 Å². The molecule has 1 rings (SSSR count). The summed E-state index contributed by atoms with van der Waals surface area (Å²) in [6.45, 7) is 3.77. The van der Waals surface area contributed by atoms with Crippen molar-refractivity contribution in [2.75, 3.05) is 0 Å². The molecule has 0 heterocycles. The minimum absolute atomic E-state index is 0.0101. The van der Waals surface area contributed by atoms with Crippen molar-refractivity contribution >= 4 is 11.9 Å². The fraction of sp³-hybridized carbons (Fsp3) is 0.867. The number of carbonyl (C=O) groups is 2. The molecule has 1 aliphatic rings. The number of hydrogen-bond acceptors (Lipinski definition) is 3. The fourth-order valence-electron chi connectivity index (χ4n) is 2.65. The minimum Gasteiger partial charge on any atom is -0.481 e. The average molecular weight is 270 g/mol. The Labute approximate surface area is 115 Å². The summed E-state index contributed by atoms with van der Waals surface area (Å²) < 4.78 is 5.17. The molecule has 0 aliphatic heterocycles. The molecule has 110 valence electrons. The van der Waals surface area contributed by atoms with Crippen molar-refractivity contribution in [3.8, 4) is 0 Å². The van der Waals surface area contributed by atoms with Crippen LogP contribution in [0, 0.1) is 11.8 Å². The van der Waals surface area contributed by atoms with Crippen molar-refractivity contribution in [2.24, 2.45) is 11.8 Å². The maximum atomic E-state index is 11.7. The summed E-state index contributed by atoms with van der Waals surface area (Å²) in [7, 11) is 0. The first kappa shape index (κ1) is 16.0. The summed E-state index contributed by atoms with van der Waals surface area (Å²) in [5.74, 6) is -1.37. The zero-order chi connectivity index (χ0) is 14.3. The Morgan fingerprint density at radius 3 is 2.42 bits per heavy atom. The summed E-state index contributed by atoms with van der Waals surface area (Å²) >= 11 is 0. The number of hydrogen-bond donors (Lipinski definition) is 1. The number of carbonyl (C=O) groups excluding carboxylic acids is 1. The monoisotopic (exact) mass is 270 g/mol. The van der Waals surface area contributed by atoms with Crippen molar-refractivity contribution in [2.45, 2.75) is 71.3 Å². The molecule has 0 saturated heterocycles. The van der Waals surface area contributed by atoms with Crippen molar-refractivity contribution in [3.05, 3.63) is 0 Å². The van der Waals surface area contributed by atoms with E-state index < -0.39 is 11.9 Å². The summed E-state index contributed by atoms with van der Waals surface area (Å²) in [4.78, 5) is 22.9. The minimum atomic E-state index is -0.869. The highest BCUT2D eigenvalue weighted by Crippen LogP contribution is 2.30. The lowest BCUT2D eigenvalue weighted by Gasteiger charge is -2.24. The number of esters is 1. The first-order chi connectivity index (χ1) is 9.02. The first-order valence-corrected chi connectivity index (χ1v) is 7.45. The molecule has 1 N–H and O–H groups in total. The largest absolute Gasteiger partial charge is 0.481 e. The van der Waals surface area contributed by atoms with Gasteiger partial charge in [-0.3, -0.25) is 9.59 Å². The van der Waals surface area contributed by atoms with Gasteiger partial charge in [-0.1, -0.05) is 39.0 Å². The summed E-state index contributed by atoms with van der Waals surface area (Å²) in [5, 5.41) is 9.24. The Kier molecular flexibility index (Phi) is 6.89. The molecule has 4 nitrogen and oxygen atoms in total. The van der Waals surface area contributed by atoms with Gasteiger partial charge in [0.2, 0.25) is 0 Å². The smallest absolute Gasteiger partial charge is 0.307 e. The molecule has 1 unspecified atom stereocenters. The third-order valence-electron chi connectivity index (χ3n) is 4.01. The van der Waals surface area contributed by atoms with Gasteiger partial charge < -0.3 is 9.84 Å². The van der Waals surface area contributed by atoms with E-state index in [2.05, 4.69) is 0 Å². The van der Waals surface area contributed by atoms with Crippen LogP contribution in [0.2, 0.25) is 0 Å². The second kappa shape index (κ2) is 8.18. The fourth-order valence-corrected chi connectivity index (χ4v) is 2.65. The lowest BCUT2D eigenvalue weighted by molar-refractivity contribution is -0.155. The topological polar surface area (TPSA) is 63.6 Å². The second-order valence-electron chi connectivity index (χ2n) is 5.69. The van der Waals surface area contributed by atoms with E-state index in [1.807, 2.05) is 13.8 Å². The Bertz CT molecular complexity index is 295. The number of carboxylic acid groups (broad SMARTS) is 1. The molecule has 1 fully saturated rings. The third kappa shape index (κ3) is 6.08. The van der Waals surface area contributed by atoms with E-state index in [0.29, 0.717) is 12.3 Å². The van der Waals surface area contributed by atoms with Crippen LogP contribution >= 0.6 is 0 Å². The SMILES string of the molecule is CCC(C)OC(=O)C[C@@H](CC1CCCCC1)C(=O)O. The van der Waals surface area contributed by atoms with Crippen LogP contribution in [-0.4, -0.2) is 23.1 Å². The van der Waals surface area contributed by atoms with E-state index in [1.165, 1.54) is 19.3 Å². The van der Waals surface area contributed by atoms with Crippen LogP contribution in [0.15, 0.2) is 0 Å². The summed E-state index contributed by atoms with van der Waals surface area (Å²) in [6, 6.07) is 0. The van der Waals surface area contributed by atoms with Crippen LogP contribution in [0.5, 0.6) is 0 Å². The predicted octanol–water partition coefficient (Wildman–Crippen LogP) is 3.39. The number of aliphatic carboxylic acids is 1. The van der Waals surface area contributed by atoms with Gasteiger partial charge in [-0.2, -0.15) is 0 Å². The first-order valence-electron chi connectivity index (χ1n) is 7.45. The third-order valence-corrected chi connectivity index (χ3v) is 4.01. The second-order valence-corrected chi connectivity index (χ2v) is 5.69. The van der Waals surface area contributed by atoms with Gasteiger partial charge in [-0.05, 0) is 25.7 Å². The molecule has 1 saturated carbocycles. The van der Waals surface area contributed by atoms with Crippen LogP contribution in [0.25, 0.3) is 0 Å². The van der Waals surface area contributed by atoms with E-state index in [9.17, 15) is 14.7 Å². The highest BCUT2D eigenvalue weighted by molar-refractivity contribution is 5.78. The molecule has 0 aromatic heterocycles. The zero-order valence-corrected chi connectivity index (χ0v) is 12.1. The number of carboxylic acids is 1. The Morgan fingerprint density at radius 1 is 1.26 bits per heavy atom. The molecule has 0 radical (unpaired) electrons. The molecule has 0 spiro atoms. The van der Waals surface area contributed by atoms with E-state index in [-0.39, 0.29) is 18.5 Å². The van der Waals surface area contributed by atoms with Crippen molar-refractivity contribution in [3.63, 3.8) is 0 Å². The highest BCUT2D eigenvalue weighted by atomic mass is 16.5. The molecule has 0 aromatic carbocycles. The van der Waals surface area contributed by atoms with Crippen LogP contribution in [0.1, 0.15) is 65.2 Å². The normalized spacial score (nSPS) is 19.7. The summed E-state index contributed by atoms with van der Waals surface area (Å²) in [5.41, 5.74) is 0. The predicted molar refractivity (Wildman–Crippen MR) is 72.8 cm³/mol. The molecular weight excluding hydrogens is 244 g/mol. The maximum Gasteiger partial charge on any atom is 0.307 e. The molecule has 0 bridgehead atoms. The van der Waals surface area contributed by atoms with Gasteiger partial charge in [0.05, 0.1) is 18.4 Å². The van der Waals surface area contributed by atoms with E-state index in [4.69, 9.17) is 4.74 Å². The standard InChI is InChI=1S/C15H26O4/c1-3-11(2)19-14(16)10-13(15(17)18)9-12-7-5-4-6-8-12/h11-13H,3-10H2,1-2H3,(H,17,18)/t11?,13-/m1/s1. The van der Waals surface area contributed by atoms with Gasteiger partial charge in [0.1, 0.15) is 0 Å². The lowest BCUT2D eigenvalue weighted by Crippen LogP contribution is -2.24. The molecular formula is C15H26O4. The van der Waals surface area contributed by atoms with Crippen molar-refractivity contribution in [1.82, 2.24) is 0 Å². The molecule has 0 amide bonds. The molecule has 0 aromatic rings. The Hall–Kier alpha value is -1.06. The van der Waals surface area contributed by atoms with Crippen LogP contribution in [0.3, 0.4) is 0 Å². The van der Waals surface area contributed by atoms with E-state index in [0.717, 1.165) is 19.3 Å². The molecule has 4 heteroatoms. The van der Waals surface area contributed by atoms with E-state index >= 15 is 0 Å². The van der Waals surface area contributed by atoms with Gasteiger partial charge in [0.15, 0.2) is 0 Å². The van der Waals surface area contributed by atoms with Gasteiger partial charge in [0, 0.05) is 0 Å². The van der Waals surface area contributed by atoms with Crippen LogP contribution in [0.4, 0.5) is 0 Å². The van der Waals surface area contributed by atoms with Gasteiger partial charge in [-0.15, -0.1) is 0 Å². The quantitative estimate of drug-likeness (QED) is 0.720. The Morgan fingerprint density at radius 2 is 1.89 bits per heavy atom. The lowest BCUT2D eigenvalue weighted by atomic mass is 9.82. The van der Waals surface area contributed by atoms with Crippen molar-refractivity contribution in [1.29, 1.82) is 0 Å². The van der Waals surface area contributed by atoms with Crippen LogP contribution in [-0.2, 0) is 14.3 Å². The molecule has 1 aliphatic carbocycles. The highest BCUT2D eigenvalue weighted by Gasteiger charge is 2.27. The van der Waals surface area contributed by atoms with Crippen molar-refractivity contribution < 1.29 is 19.4 Å². The maximum absolute atomic E-state index is 11.7. The van der Waals surface area contributed by atoms with Gasteiger partial charge in [-0.25, -0.2) is 0 Å². The Balaban J connectivity index is 2.43. The number of ether oxygens (including phenoxy) is 1. The average Bonchev–Trinajstić information content (AvgIpc) is 2.38. The molecule has 2 atom stereocenters. The van der Waals surface area contributed by atoms with Gasteiger partial charge >= 0.3 is 11.9 Å². The molecule has 19 heavy (non-hydrogen) atoms. The summed E-state index contributed by atoms with van der Waals surface area (Å²) in [6.07, 6.45) is 7.09. The zero-order valence-electron chi connectivity index (χ0n) is 12.1. The van der Waals surface area contributed by atoms with E-state index in [1.54, 1.807) is 0 Å². The van der Waals surface area contributed by atoms with Gasteiger partial charge in [0.25, 0.3) is 0 Å².